The van der Waals surface area contributed by atoms with Crippen LogP contribution >= 0.6 is 0 Å². The van der Waals surface area contributed by atoms with Gasteiger partial charge in [0.15, 0.2) is 5.65 Å². The minimum atomic E-state index is -4.76. The van der Waals surface area contributed by atoms with E-state index in [1.165, 1.54) is 28.8 Å². The molecule has 0 fully saturated rings. The molecule has 6 nitrogen and oxygen atoms in total. The number of aromatic nitrogens is 3. The standard InChI is InChI=1S/C20H11F3N4O2/c1-11-6-7-16-25-17-13(19(29)26(16)10-11)8-12(9-24)18(28)27(17)15-5-3-2-4-14(15)20(21,22)23/h2-8,10H,1H3. The maximum Gasteiger partial charge on any atom is 0.418 e. The van der Waals surface area contributed by atoms with Gasteiger partial charge in [0.2, 0.25) is 0 Å². The van der Waals surface area contributed by atoms with Crippen molar-refractivity contribution in [2.75, 3.05) is 0 Å². The first-order chi connectivity index (χ1) is 13.7. The lowest BCUT2D eigenvalue weighted by atomic mass is 10.1. The molecule has 0 spiro atoms. The summed E-state index contributed by atoms with van der Waals surface area (Å²) in [6.07, 6.45) is -3.23. The summed E-state index contributed by atoms with van der Waals surface area (Å²) < 4.78 is 42.6. The second kappa shape index (κ2) is 6.31. The molecule has 1 aromatic carbocycles. The molecule has 0 radical (unpaired) electrons. The number of pyridine rings is 2. The minimum Gasteiger partial charge on any atom is -0.268 e. The number of halogens is 3. The fourth-order valence-corrected chi connectivity index (χ4v) is 3.18. The zero-order valence-corrected chi connectivity index (χ0v) is 14.9. The Labute approximate surface area is 160 Å². The average molecular weight is 396 g/mol. The van der Waals surface area contributed by atoms with Gasteiger partial charge in [0, 0.05) is 6.20 Å². The van der Waals surface area contributed by atoms with Gasteiger partial charge in [0.25, 0.3) is 11.1 Å². The fourth-order valence-electron chi connectivity index (χ4n) is 3.18. The molecule has 0 aliphatic heterocycles. The van der Waals surface area contributed by atoms with Crippen molar-refractivity contribution in [1.82, 2.24) is 14.0 Å². The summed E-state index contributed by atoms with van der Waals surface area (Å²) in [4.78, 5) is 30.0. The van der Waals surface area contributed by atoms with E-state index in [2.05, 4.69) is 4.98 Å². The number of hydrogen-bond acceptors (Lipinski definition) is 4. The van der Waals surface area contributed by atoms with E-state index in [9.17, 15) is 28.0 Å². The summed E-state index contributed by atoms with van der Waals surface area (Å²) in [7, 11) is 0. The molecule has 0 aliphatic rings. The first-order valence-corrected chi connectivity index (χ1v) is 8.38. The predicted octanol–water partition coefficient (Wildman–Crippen LogP) is 3.20. The van der Waals surface area contributed by atoms with E-state index in [1.807, 2.05) is 0 Å². The molecule has 0 atom stereocenters. The van der Waals surface area contributed by atoms with E-state index in [4.69, 9.17) is 0 Å². The van der Waals surface area contributed by atoms with Crippen molar-refractivity contribution < 1.29 is 13.2 Å². The number of rotatable bonds is 1. The summed E-state index contributed by atoms with van der Waals surface area (Å²) in [5, 5.41) is 9.17. The van der Waals surface area contributed by atoms with Crippen LogP contribution in [-0.2, 0) is 6.18 Å². The summed E-state index contributed by atoms with van der Waals surface area (Å²) in [5.41, 5.74) is -2.95. The number of para-hydroxylation sites is 1. The van der Waals surface area contributed by atoms with Crippen LogP contribution in [0.15, 0.2) is 58.3 Å². The van der Waals surface area contributed by atoms with E-state index in [-0.39, 0.29) is 16.7 Å². The van der Waals surface area contributed by atoms with Crippen LogP contribution in [0, 0.1) is 18.3 Å². The van der Waals surface area contributed by atoms with Gasteiger partial charge in [0.05, 0.1) is 16.6 Å². The van der Waals surface area contributed by atoms with Gasteiger partial charge >= 0.3 is 6.18 Å². The van der Waals surface area contributed by atoms with Crippen molar-refractivity contribution >= 4 is 16.7 Å². The number of nitriles is 1. The van der Waals surface area contributed by atoms with E-state index < -0.39 is 34.1 Å². The second-order valence-electron chi connectivity index (χ2n) is 6.41. The monoisotopic (exact) mass is 396 g/mol. The van der Waals surface area contributed by atoms with Gasteiger partial charge in [0.1, 0.15) is 17.3 Å². The third-order valence-corrected chi connectivity index (χ3v) is 4.49. The van der Waals surface area contributed by atoms with Gasteiger partial charge in [-0.3, -0.25) is 18.6 Å². The smallest absolute Gasteiger partial charge is 0.268 e. The predicted molar refractivity (Wildman–Crippen MR) is 99.0 cm³/mol. The highest BCUT2D eigenvalue weighted by Crippen LogP contribution is 2.34. The zero-order chi connectivity index (χ0) is 20.9. The van der Waals surface area contributed by atoms with Crippen LogP contribution in [0.4, 0.5) is 13.2 Å². The van der Waals surface area contributed by atoms with Crippen LogP contribution in [-0.4, -0.2) is 14.0 Å². The Morgan fingerprint density at radius 3 is 2.48 bits per heavy atom. The van der Waals surface area contributed by atoms with Crippen LogP contribution in [0.25, 0.3) is 22.4 Å². The Morgan fingerprint density at radius 1 is 1.07 bits per heavy atom. The van der Waals surface area contributed by atoms with Gasteiger partial charge < -0.3 is 0 Å². The van der Waals surface area contributed by atoms with Crippen LogP contribution in [0.1, 0.15) is 16.7 Å². The van der Waals surface area contributed by atoms with E-state index in [1.54, 1.807) is 19.1 Å². The van der Waals surface area contributed by atoms with Gasteiger partial charge in [-0.1, -0.05) is 18.2 Å². The lowest BCUT2D eigenvalue weighted by Crippen LogP contribution is -2.28. The Balaban J connectivity index is 2.27. The number of benzene rings is 1. The fraction of sp³-hybridized carbons (Fsp3) is 0.100. The average Bonchev–Trinajstić information content (AvgIpc) is 2.68. The van der Waals surface area contributed by atoms with Gasteiger partial charge in [-0.2, -0.15) is 18.4 Å². The van der Waals surface area contributed by atoms with Crippen molar-refractivity contribution in [3.8, 4) is 11.8 Å². The molecular weight excluding hydrogens is 385 g/mol. The topological polar surface area (TPSA) is 80.2 Å². The third-order valence-electron chi connectivity index (χ3n) is 4.49. The molecule has 0 saturated heterocycles. The Morgan fingerprint density at radius 2 is 1.79 bits per heavy atom. The normalized spacial score (nSPS) is 11.7. The van der Waals surface area contributed by atoms with Crippen molar-refractivity contribution in [2.45, 2.75) is 13.1 Å². The molecular formula is C20H11F3N4O2. The van der Waals surface area contributed by atoms with Crippen molar-refractivity contribution in [3.05, 3.63) is 86.1 Å². The summed E-state index contributed by atoms with van der Waals surface area (Å²) in [6, 6.07) is 10.4. The highest BCUT2D eigenvalue weighted by atomic mass is 19.4. The Hall–Kier alpha value is -3.93. The SMILES string of the molecule is Cc1ccc2nc3c(cc(C#N)c(=O)n3-c3ccccc3C(F)(F)F)c(=O)n2c1. The molecule has 0 saturated carbocycles. The molecule has 0 unspecified atom stereocenters. The number of hydrogen-bond donors (Lipinski definition) is 0. The number of alkyl halides is 3. The third kappa shape index (κ3) is 2.86. The minimum absolute atomic E-state index is 0.138. The summed E-state index contributed by atoms with van der Waals surface area (Å²) in [6.45, 7) is 1.76. The summed E-state index contributed by atoms with van der Waals surface area (Å²) >= 11 is 0. The number of aryl methyl sites for hydroxylation is 1. The van der Waals surface area contributed by atoms with Crippen LogP contribution < -0.4 is 11.1 Å². The highest BCUT2D eigenvalue weighted by molar-refractivity contribution is 5.80. The lowest BCUT2D eigenvalue weighted by Gasteiger charge is -2.16. The first-order valence-electron chi connectivity index (χ1n) is 8.38. The molecule has 4 rings (SSSR count). The lowest BCUT2D eigenvalue weighted by molar-refractivity contribution is -0.137. The van der Waals surface area contributed by atoms with Crippen molar-refractivity contribution in [2.24, 2.45) is 0 Å². The molecule has 3 aromatic heterocycles. The molecule has 29 heavy (non-hydrogen) atoms. The molecule has 0 N–H and O–H groups in total. The maximum absolute atomic E-state index is 13.6. The second-order valence-corrected chi connectivity index (χ2v) is 6.41. The largest absolute Gasteiger partial charge is 0.418 e. The Bertz CT molecular complexity index is 1460. The van der Waals surface area contributed by atoms with E-state index in [0.717, 1.165) is 23.8 Å². The quantitative estimate of drug-likeness (QED) is 0.463. The molecule has 0 amide bonds. The molecule has 0 aliphatic carbocycles. The first kappa shape index (κ1) is 18.4. The Kier molecular flexibility index (Phi) is 4.01. The molecule has 3 heterocycles. The summed E-state index contributed by atoms with van der Waals surface area (Å²) in [5.74, 6) is 0. The van der Waals surface area contributed by atoms with Gasteiger partial charge in [-0.25, -0.2) is 4.98 Å². The van der Waals surface area contributed by atoms with Crippen molar-refractivity contribution in [1.29, 1.82) is 5.26 Å². The molecule has 4 aromatic rings. The highest BCUT2D eigenvalue weighted by Gasteiger charge is 2.34. The van der Waals surface area contributed by atoms with Gasteiger partial charge in [-0.05, 0) is 36.8 Å². The van der Waals surface area contributed by atoms with Crippen LogP contribution in [0.5, 0.6) is 0 Å². The molecule has 0 bridgehead atoms. The van der Waals surface area contributed by atoms with Crippen LogP contribution in [0.2, 0.25) is 0 Å². The van der Waals surface area contributed by atoms with Crippen LogP contribution in [0.3, 0.4) is 0 Å². The van der Waals surface area contributed by atoms with Crippen molar-refractivity contribution in [3.63, 3.8) is 0 Å². The maximum atomic E-state index is 13.6. The zero-order valence-electron chi connectivity index (χ0n) is 14.9. The molecule has 9 heteroatoms. The molecule has 144 valence electrons. The van der Waals surface area contributed by atoms with Gasteiger partial charge in [-0.15, -0.1) is 0 Å². The number of nitrogens with zero attached hydrogens (tertiary/aromatic N) is 4. The van der Waals surface area contributed by atoms with E-state index in [0.29, 0.717) is 4.57 Å². The van der Waals surface area contributed by atoms with E-state index >= 15 is 0 Å². The number of fused-ring (bicyclic) bond motifs is 2.